The van der Waals surface area contributed by atoms with Gasteiger partial charge in [-0.3, -0.25) is 4.79 Å². The molecule has 0 saturated carbocycles. The minimum Gasteiger partial charge on any atom is -0.491 e. The number of ether oxygens (including phenoxy) is 1. The Hall–Kier alpha value is -5.12. The van der Waals surface area contributed by atoms with Crippen molar-refractivity contribution in [3.8, 4) is 28.1 Å². The number of fused-ring (bicyclic) bond motifs is 2. The molecule has 10 heteroatoms. The summed E-state index contributed by atoms with van der Waals surface area (Å²) in [6, 6.07) is 14.6. The zero-order chi connectivity index (χ0) is 29.7. The van der Waals surface area contributed by atoms with Crippen molar-refractivity contribution in [3.63, 3.8) is 0 Å². The van der Waals surface area contributed by atoms with Crippen molar-refractivity contribution < 1.29 is 17.9 Å². The Morgan fingerprint density at radius 1 is 0.952 bits per heavy atom. The van der Waals surface area contributed by atoms with Gasteiger partial charge in [0.2, 0.25) is 5.43 Å². The van der Waals surface area contributed by atoms with Gasteiger partial charge >= 0.3 is 0 Å². The van der Waals surface area contributed by atoms with Crippen LogP contribution < -0.4 is 15.9 Å². The fourth-order valence-electron chi connectivity index (χ4n) is 5.19. The van der Waals surface area contributed by atoms with Crippen molar-refractivity contribution in [1.82, 2.24) is 19.7 Å². The summed E-state index contributed by atoms with van der Waals surface area (Å²) >= 11 is 0. The van der Waals surface area contributed by atoms with Crippen LogP contribution in [0.4, 0.5) is 14.6 Å². The lowest BCUT2D eigenvalue weighted by Crippen LogP contribution is -2.17. The smallest absolute Gasteiger partial charge is 0.203 e. The normalized spacial score (nSPS) is 12.4. The van der Waals surface area contributed by atoms with Crippen molar-refractivity contribution in [2.45, 2.75) is 39.8 Å². The number of aromatic nitrogens is 4. The molecule has 2 N–H and O–H groups in total. The van der Waals surface area contributed by atoms with Gasteiger partial charge < -0.3 is 14.9 Å². The number of hydrogen-bond acceptors (Lipinski definition) is 7. The van der Waals surface area contributed by atoms with Gasteiger partial charge in [-0.05, 0) is 81.3 Å². The summed E-state index contributed by atoms with van der Waals surface area (Å²) in [4.78, 5) is 22.5. The predicted octanol–water partition coefficient (Wildman–Crippen LogP) is 6.83. The van der Waals surface area contributed by atoms with E-state index in [0.717, 1.165) is 16.9 Å². The number of nitrogens with two attached hydrogens (primary N) is 1. The van der Waals surface area contributed by atoms with Gasteiger partial charge in [0.15, 0.2) is 5.65 Å². The van der Waals surface area contributed by atoms with Crippen molar-refractivity contribution in [1.29, 1.82) is 0 Å². The van der Waals surface area contributed by atoms with Gasteiger partial charge in [-0.2, -0.15) is 5.10 Å². The maximum atomic E-state index is 14.9. The first-order chi connectivity index (χ1) is 20.1. The molecule has 6 aromatic rings. The quantitative estimate of drug-likeness (QED) is 0.235. The van der Waals surface area contributed by atoms with Gasteiger partial charge in [0, 0.05) is 5.56 Å². The lowest BCUT2D eigenvalue weighted by atomic mass is 9.99. The minimum absolute atomic E-state index is 0.0110. The van der Waals surface area contributed by atoms with Crippen LogP contribution in [0.15, 0.2) is 76.2 Å². The molecule has 0 spiro atoms. The molecular formula is C32H27F2N5O3. The molecule has 8 nitrogen and oxygen atoms in total. The Morgan fingerprint density at radius 3 is 2.48 bits per heavy atom. The number of halogens is 2. The minimum atomic E-state index is -0.751. The molecule has 6 rings (SSSR count). The molecule has 0 saturated heterocycles. The average Bonchev–Trinajstić information content (AvgIpc) is 3.34. The summed E-state index contributed by atoms with van der Waals surface area (Å²) in [5.41, 5.74) is 8.65. The van der Waals surface area contributed by atoms with Crippen LogP contribution in [0.2, 0.25) is 0 Å². The number of hydrogen-bond donors (Lipinski definition) is 1. The highest BCUT2D eigenvalue weighted by molar-refractivity contribution is 5.98. The van der Waals surface area contributed by atoms with Crippen LogP contribution in [0.1, 0.15) is 38.1 Å². The van der Waals surface area contributed by atoms with E-state index in [-0.39, 0.29) is 39.8 Å². The summed E-state index contributed by atoms with van der Waals surface area (Å²) in [6.07, 6.45) is 1.34. The number of nitrogen functional groups attached to an aromatic ring is 1. The maximum absolute atomic E-state index is 14.9. The van der Waals surface area contributed by atoms with Crippen molar-refractivity contribution in [3.05, 3.63) is 100 Å². The Bertz CT molecular complexity index is 2050. The van der Waals surface area contributed by atoms with E-state index >= 15 is 0 Å². The molecule has 1 atom stereocenters. The molecule has 0 amide bonds. The fraction of sp³-hybridized carbons (Fsp3) is 0.188. The van der Waals surface area contributed by atoms with E-state index < -0.39 is 23.1 Å². The summed E-state index contributed by atoms with van der Waals surface area (Å²) in [7, 11) is 0. The zero-order valence-electron chi connectivity index (χ0n) is 23.4. The number of nitrogens with zero attached hydrogens (tertiary/aromatic N) is 4. The van der Waals surface area contributed by atoms with Crippen LogP contribution >= 0.6 is 0 Å². The topological polar surface area (TPSA) is 109 Å². The highest BCUT2D eigenvalue weighted by Gasteiger charge is 2.28. The summed E-state index contributed by atoms with van der Waals surface area (Å²) in [5, 5.41) is 5.19. The number of benzene rings is 3. The Kier molecular flexibility index (Phi) is 6.68. The third kappa shape index (κ3) is 4.54. The van der Waals surface area contributed by atoms with Crippen LogP contribution in [0.5, 0.6) is 5.75 Å². The summed E-state index contributed by atoms with van der Waals surface area (Å²) < 4.78 is 42.9. The molecule has 42 heavy (non-hydrogen) atoms. The molecule has 0 aliphatic rings. The standard InChI is InChI=1S/C32H27F2N5O3/c1-16(2)41-23-12-11-20(13-17(23)3)28-27-31(35)36-15-37-32(27)39(38-28)18(4)30-25(19-7-5-8-21(33)14-19)29(40)26-22(34)9-6-10-24(26)42-30/h5-16,18H,1-4H3,(H2,35,36,37). The molecule has 0 aliphatic heterocycles. The van der Waals surface area contributed by atoms with Crippen LogP contribution in [-0.2, 0) is 0 Å². The van der Waals surface area contributed by atoms with Crippen LogP contribution in [0.25, 0.3) is 44.4 Å². The van der Waals surface area contributed by atoms with Gasteiger partial charge in [0.1, 0.15) is 58.0 Å². The molecule has 3 heterocycles. The van der Waals surface area contributed by atoms with E-state index in [0.29, 0.717) is 16.7 Å². The highest BCUT2D eigenvalue weighted by atomic mass is 19.1. The third-order valence-electron chi connectivity index (χ3n) is 7.08. The van der Waals surface area contributed by atoms with E-state index in [9.17, 15) is 13.6 Å². The summed E-state index contributed by atoms with van der Waals surface area (Å²) in [5.74, 6) is -0.146. The van der Waals surface area contributed by atoms with Crippen LogP contribution in [0.3, 0.4) is 0 Å². The molecule has 0 bridgehead atoms. The first kappa shape index (κ1) is 27.1. The Labute approximate surface area is 239 Å². The van der Waals surface area contributed by atoms with E-state index in [1.807, 2.05) is 39.0 Å². The first-order valence-electron chi connectivity index (χ1n) is 13.4. The fourth-order valence-corrected chi connectivity index (χ4v) is 5.19. The van der Waals surface area contributed by atoms with Crippen molar-refractivity contribution >= 4 is 27.8 Å². The van der Waals surface area contributed by atoms with Gasteiger partial charge in [-0.1, -0.05) is 18.2 Å². The first-order valence-corrected chi connectivity index (χ1v) is 13.4. The van der Waals surface area contributed by atoms with Gasteiger partial charge in [0.25, 0.3) is 0 Å². The van der Waals surface area contributed by atoms with Crippen molar-refractivity contribution in [2.75, 3.05) is 5.73 Å². The second-order valence-corrected chi connectivity index (χ2v) is 10.4. The van der Waals surface area contributed by atoms with Gasteiger partial charge in [0.05, 0.1) is 17.1 Å². The van der Waals surface area contributed by atoms with Crippen LogP contribution in [0, 0.1) is 18.6 Å². The third-order valence-corrected chi connectivity index (χ3v) is 7.08. The van der Waals surface area contributed by atoms with E-state index in [1.54, 1.807) is 17.7 Å². The Morgan fingerprint density at radius 2 is 1.74 bits per heavy atom. The summed E-state index contributed by atoms with van der Waals surface area (Å²) in [6.45, 7) is 7.63. The number of anilines is 1. The van der Waals surface area contributed by atoms with Gasteiger partial charge in [-0.25, -0.2) is 23.4 Å². The van der Waals surface area contributed by atoms with Crippen molar-refractivity contribution in [2.24, 2.45) is 0 Å². The monoisotopic (exact) mass is 567 g/mol. The maximum Gasteiger partial charge on any atom is 0.203 e. The molecule has 0 radical (unpaired) electrons. The van der Waals surface area contributed by atoms with Gasteiger partial charge in [-0.15, -0.1) is 0 Å². The SMILES string of the molecule is Cc1cc(-c2nn(C(C)c3oc4cccc(F)c4c(=O)c3-c3cccc(F)c3)c3ncnc(N)c23)ccc1OC(C)C. The van der Waals surface area contributed by atoms with E-state index in [1.165, 1.54) is 42.7 Å². The molecular weight excluding hydrogens is 540 g/mol. The number of aryl methyl sites for hydroxylation is 1. The second-order valence-electron chi connectivity index (χ2n) is 10.4. The Balaban J connectivity index is 1.60. The molecule has 212 valence electrons. The van der Waals surface area contributed by atoms with Crippen LogP contribution in [-0.4, -0.2) is 25.9 Å². The molecule has 0 aliphatic carbocycles. The lowest BCUT2D eigenvalue weighted by molar-refractivity contribution is 0.241. The molecule has 1 unspecified atom stereocenters. The lowest BCUT2D eigenvalue weighted by Gasteiger charge is -2.17. The largest absolute Gasteiger partial charge is 0.491 e. The molecule has 0 fully saturated rings. The number of rotatable bonds is 6. The second kappa shape index (κ2) is 10.4. The zero-order valence-corrected chi connectivity index (χ0v) is 23.4. The average molecular weight is 568 g/mol. The molecule has 3 aromatic heterocycles. The van der Waals surface area contributed by atoms with E-state index in [2.05, 4.69) is 9.97 Å². The predicted molar refractivity (Wildman–Crippen MR) is 157 cm³/mol. The molecule has 3 aromatic carbocycles. The van der Waals surface area contributed by atoms with E-state index in [4.69, 9.17) is 20.0 Å². The highest BCUT2D eigenvalue weighted by Crippen LogP contribution is 2.37.